The van der Waals surface area contributed by atoms with Crippen LogP contribution < -0.4 is 10.1 Å². The van der Waals surface area contributed by atoms with Crippen molar-refractivity contribution in [2.45, 2.75) is 20.6 Å². The van der Waals surface area contributed by atoms with E-state index in [2.05, 4.69) is 21.6 Å². The molecule has 0 aliphatic heterocycles. The first-order valence-corrected chi connectivity index (χ1v) is 7.55. The van der Waals surface area contributed by atoms with Crippen molar-refractivity contribution in [2.24, 2.45) is 7.05 Å². The summed E-state index contributed by atoms with van der Waals surface area (Å²) in [7, 11) is 1.76. The fraction of sp³-hybridized carbons (Fsp3) is 0.235. The molecule has 2 aromatic heterocycles. The Balaban J connectivity index is 1.60. The first-order chi connectivity index (χ1) is 11.5. The van der Waals surface area contributed by atoms with Crippen molar-refractivity contribution in [2.75, 3.05) is 5.32 Å². The molecule has 7 nitrogen and oxygen atoms in total. The van der Waals surface area contributed by atoms with Crippen LogP contribution in [0.1, 0.15) is 21.6 Å². The number of hydrogen-bond acceptors (Lipinski definition) is 4. The summed E-state index contributed by atoms with van der Waals surface area (Å²) in [6, 6.07) is 7.67. The predicted molar refractivity (Wildman–Crippen MR) is 89.9 cm³/mol. The number of hydrogen-bond donors (Lipinski definition) is 1. The molecule has 0 spiro atoms. The summed E-state index contributed by atoms with van der Waals surface area (Å²) in [5.41, 5.74) is 3.22. The molecule has 0 aliphatic carbocycles. The standard InChI is InChI=1S/C17H19N5O2/c1-12-4-5-16(13(2)8-12)24-11-22-10-14(9-18-22)19-17(23)15-6-7-21(3)20-15/h4-10H,11H2,1-3H3,(H,19,23). The highest BCUT2D eigenvalue weighted by molar-refractivity contribution is 6.02. The van der Waals surface area contributed by atoms with Gasteiger partial charge in [0.2, 0.25) is 0 Å². The van der Waals surface area contributed by atoms with E-state index < -0.39 is 0 Å². The Morgan fingerprint density at radius 3 is 2.83 bits per heavy atom. The number of anilines is 1. The number of carbonyl (C=O) groups is 1. The second-order valence-electron chi connectivity index (χ2n) is 5.64. The molecular weight excluding hydrogens is 306 g/mol. The van der Waals surface area contributed by atoms with Gasteiger partial charge in [-0.25, -0.2) is 4.68 Å². The van der Waals surface area contributed by atoms with Crippen LogP contribution in [0.4, 0.5) is 5.69 Å². The second-order valence-corrected chi connectivity index (χ2v) is 5.64. The minimum Gasteiger partial charge on any atom is -0.471 e. The Labute approximate surface area is 139 Å². The average molecular weight is 325 g/mol. The molecule has 0 saturated carbocycles. The lowest BCUT2D eigenvalue weighted by molar-refractivity contribution is 0.102. The molecule has 0 fully saturated rings. The zero-order valence-corrected chi connectivity index (χ0v) is 13.9. The van der Waals surface area contributed by atoms with Crippen LogP contribution in [0.3, 0.4) is 0 Å². The average Bonchev–Trinajstić information content (AvgIpc) is 3.15. The number of ether oxygens (including phenoxy) is 1. The molecule has 0 bridgehead atoms. The third-order valence-corrected chi connectivity index (χ3v) is 3.52. The first-order valence-electron chi connectivity index (χ1n) is 7.55. The van der Waals surface area contributed by atoms with Gasteiger partial charge < -0.3 is 10.1 Å². The van der Waals surface area contributed by atoms with Crippen molar-refractivity contribution in [3.8, 4) is 5.75 Å². The molecule has 3 aromatic rings. The Bertz CT molecular complexity index is 866. The summed E-state index contributed by atoms with van der Waals surface area (Å²) in [4.78, 5) is 12.0. The topological polar surface area (TPSA) is 74.0 Å². The van der Waals surface area contributed by atoms with Crippen molar-refractivity contribution in [3.63, 3.8) is 0 Å². The number of rotatable bonds is 5. The SMILES string of the molecule is Cc1ccc(OCn2cc(NC(=O)c3ccn(C)n3)cn2)c(C)c1. The van der Waals surface area contributed by atoms with Gasteiger partial charge in [-0.2, -0.15) is 10.2 Å². The molecule has 1 N–H and O–H groups in total. The van der Waals surface area contributed by atoms with Gasteiger partial charge in [0.25, 0.3) is 5.91 Å². The van der Waals surface area contributed by atoms with E-state index in [4.69, 9.17) is 4.74 Å². The highest BCUT2D eigenvalue weighted by Crippen LogP contribution is 2.19. The lowest BCUT2D eigenvalue weighted by Gasteiger charge is -2.09. The van der Waals surface area contributed by atoms with Crippen LogP contribution in [-0.4, -0.2) is 25.5 Å². The smallest absolute Gasteiger partial charge is 0.276 e. The fourth-order valence-electron chi connectivity index (χ4n) is 2.33. The number of aromatic nitrogens is 4. The molecule has 1 amide bonds. The quantitative estimate of drug-likeness (QED) is 0.782. The van der Waals surface area contributed by atoms with Crippen LogP contribution in [0, 0.1) is 13.8 Å². The zero-order chi connectivity index (χ0) is 17.1. The summed E-state index contributed by atoms with van der Waals surface area (Å²) < 4.78 is 8.95. The number of benzene rings is 1. The minimum atomic E-state index is -0.273. The molecule has 0 atom stereocenters. The number of nitrogens with zero attached hydrogens (tertiary/aromatic N) is 4. The Hall–Kier alpha value is -3.09. The first kappa shape index (κ1) is 15.8. The number of amides is 1. The summed E-state index contributed by atoms with van der Waals surface area (Å²) in [5.74, 6) is 0.542. The third-order valence-electron chi connectivity index (χ3n) is 3.52. The molecule has 7 heteroatoms. The van der Waals surface area contributed by atoms with Gasteiger partial charge in [-0.15, -0.1) is 0 Å². The lowest BCUT2D eigenvalue weighted by atomic mass is 10.1. The molecule has 1 aromatic carbocycles. The number of nitrogens with one attached hydrogen (secondary N) is 1. The Morgan fingerprint density at radius 2 is 2.12 bits per heavy atom. The largest absolute Gasteiger partial charge is 0.471 e. The number of aryl methyl sites for hydroxylation is 3. The molecule has 3 rings (SSSR count). The van der Waals surface area contributed by atoms with Crippen molar-refractivity contribution in [1.82, 2.24) is 19.6 Å². The van der Waals surface area contributed by atoms with Gasteiger partial charge in [0.15, 0.2) is 12.4 Å². The minimum absolute atomic E-state index is 0.267. The molecule has 0 radical (unpaired) electrons. The summed E-state index contributed by atoms with van der Waals surface area (Å²) in [5, 5.41) is 11.0. The molecule has 2 heterocycles. The van der Waals surface area contributed by atoms with Gasteiger partial charge in [-0.3, -0.25) is 9.48 Å². The fourth-order valence-corrected chi connectivity index (χ4v) is 2.33. The van der Waals surface area contributed by atoms with E-state index in [0.29, 0.717) is 11.4 Å². The van der Waals surface area contributed by atoms with Crippen molar-refractivity contribution >= 4 is 11.6 Å². The zero-order valence-electron chi connectivity index (χ0n) is 13.9. The predicted octanol–water partition coefficient (Wildman–Crippen LogP) is 2.52. The number of carbonyl (C=O) groups excluding carboxylic acids is 1. The Morgan fingerprint density at radius 1 is 1.29 bits per heavy atom. The monoisotopic (exact) mass is 325 g/mol. The molecule has 0 aliphatic rings. The molecular formula is C17H19N5O2. The van der Waals surface area contributed by atoms with Crippen molar-refractivity contribution in [3.05, 3.63) is 59.7 Å². The summed E-state index contributed by atoms with van der Waals surface area (Å²) in [6.07, 6.45) is 5.01. The van der Waals surface area contributed by atoms with Gasteiger partial charge in [0.1, 0.15) is 5.75 Å². The van der Waals surface area contributed by atoms with Crippen LogP contribution in [0.25, 0.3) is 0 Å². The van der Waals surface area contributed by atoms with Crippen LogP contribution in [0.5, 0.6) is 5.75 Å². The van der Waals surface area contributed by atoms with Gasteiger partial charge in [-0.05, 0) is 31.5 Å². The van der Waals surface area contributed by atoms with Crippen molar-refractivity contribution < 1.29 is 9.53 Å². The highest BCUT2D eigenvalue weighted by atomic mass is 16.5. The van der Waals surface area contributed by atoms with Gasteiger partial charge in [0, 0.05) is 13.2 Å². The summed E-state index contributed by atoms with van der Waals surface area (Å²) >= 11 is 0. The third kappa shape index (κ3) is 3.62. The summed E-state index contributed by atoms with van der Waals surface area (Å²) in [6.45, 7) is 4.31. The van der Waals surface area contributed by atoms with E-state index in [1.54, 1.807) is 41.1 Å². The van der Waals surface area contributed by atoms with Crippen LogP contribution >= 0.6 is 0 Å². The highest BCUT2D eigenvalue weighted by Gasteiger charge is 2.10. The van der Waals surface area contributed by atoms with Crippen molar-refractivity contribution in [1.29, 1.82) is 0 Å². The van der Waals surface area contributed by atoms with E-state index in [1.165, 1.54) is 5.56 Å². The van der Waals surface area contributed by atoms with Crippen LogP contribution in [0.2, 0.25) is 0 Å². The Kier molecular flexibility index (Phi) is 4.33. The molecule has 0 unspecified atom stereocenters. The normalized spacial score (nSPS) is 10.6. The van der Waals surface area contributed by atoms with E-state index in [1.807, 2.05) is 26.0 Å². The van der Waals surface area contributed by atoms with E-state index >= 15 is 0 Å². The molecule has 0 saturated heterocycles. The molecule has 124 valence electrons. The van der Waals surface area contributed by atoms with Crippen LogP contribution in [0.15, 0.2) is 42.9 Å². The van der Waals surface area contributed by atoms with E-state index in [9.17, 15) is 4.79 Å². The second kappa shape index (κ2) is 6.57. The van der Waals surface area contributed by atoms with E-state index in [-0.39, 0.29) is 12.6 Å². The van der Waals surface area contributed by atoms with Crippen LogP contribution in [-0.2, 0) is 13.8 Å². The maximum atomic E-state index is 12.0. The van der Waals surface area contributed by atoms with Gasteiger partial charge >= 0.3 is 0 Å². The van der Waals surface area contributed by atoms with Gasteiger partial charge in [0.05, 0.1) is 18.1 Å². The van der Waals surface area contributed by atoms with Gasteiger partial charge in [-0.1, -0.05) is 17.7 Å². The van der Waals surface area contributed by atoms with E-state index in [0.717, 1.165) is 11.3 Å². The maximum Gasteiger partial charge on any atom is 0.276 e. The lowest BCUT2D eigenvalue weighted by Crippen LogP contribution is -2.12. The maximum absolute atomic E-state index is 12.0. The molecule has 24 heavy (non-hydrogen) atoms.